The quantitative estimate of drug-likeness (QED) is 0.788. The summed E-state index contributed by atoms with van der Waals surface area (Å²) in [5, 5.41) is 9.04. The lowest BCUT2D eigenvalue weighted by molar-refractivity contribution is 0.0696. The third-order valence-corrected chi connectivity index (χ3v) is 3.57. The van der Waals surface area contributed by atoms with E-state index in [9.17, 15) is 4.79 Å². The van der Waals surface area contributed by atoms with Crippen LogP contribution in [0.25, 0.3) is 0 Å². The molecule has 2 aromatic rings. The summed E-state index contributed by atoms with van der Waals surface area (Å²) in [5.74, 6) is 0.266. The first-order valence-electron chi connectivity index (χ1n) is 6.48. The number of nitrogen functional groups attached to an aromatic ring is 1. The topological polar surface area (TPSA) is 72.5 Å². The lowest BCUT2D eigenvalue weighted by atomic mass is 10.0. The highest BCUT2D eigenvalue weighted by Crippen LogP contribution is 2.35. The second kappa shape index (κ2) is 6.18. The molecule has 0 spiro atoms. The van der Waals surface area contributed by atoms with Gasteiger partial charge in [0.1, 0.15) is 5.75 Å². The highest BCUT2D eigenvalue weighted by atomic mass is 79.9. The Balaban J connectivity index is 2.43. The molecule has 0 aliphatic heterocycles. The molecule has 0 aromatic heterocycles. The van der Waals surface area contributed by atoms with Gasteiger partial charge >= 0.3 is 5.97 Å². The second-order valence-corrected chi connectivity index (χ2v) is 5.91. The van der Waals surface area contributed by atoms with Crippen molar-refractivity contribution in [3.63, 3.8) is 0 Å². The van der Waals surface area contributed by atoms with Gasteiger partial charge in [-0.3, -0.25) is 0 Å². The van der Waals surface area contributed by atoms with Crippen molar-refractivity contribution < 1.29 is 14.6 Å². The first-order valence-corrected chi connectivity index (χ1v) is 7.28. The number of ether oxygens (including phenoxy) is 1. The number of anilines is 1. The minimum Gasteiger partial charge on any atom is -0.478 e. The van der Waals surface area contributed by atoms with Crippen LogP contribution >= 0.6 is 15.9 Å². The first-order chi connectivity index (χ1) is 9.88. The average Bonchev–Trinajstić information content (AvgIpc) is 2.42. The maximum Gasteiger partial charge on any atom is 0.335 e. The summed E-state index contributed by atoms with van der Waals surface area (Å²) in [7, 11) is 0. The summed E-state index contributed by atoms with van der Waals surface area (Å²) >= 11 is 3.44. The van der Waals surface area contributed by atoms with Crippen molar-refractivity contribution in [2.45, 2.75) is 19.8 Å². The number of carboxylic acid groups (broad SMARTS) is 1. The van der Waals surface area contributed by atoms with Gasteiger partial charge in [0.2, 0.25) is 0 Å². The zero-order valence-corrected chi connectivity index (χ0v) is 13.3. The zero-order valence-electron chi connectivity index (χ0n) is 11.8. The molecule has 110 valence electrons. The molecule has 2 rings (SSSR count). The van der Waals surface area contributed by atoms with Gasteiger partial charge in [-0.15, -0.1) is 0 Å². The molecular formula is C16H16BrNO3. The van der Waals surface area contributed by atoms with Gasteiger partial charge in [0.05, 0.1) is 11.3 Å². The van der Waals surface area contributed by atoms with Crippen molar-refractivity contribution in [1.29, 1.82) is 0 Å². The highest BCUT2D eigenvalue weighted by molar-refractivity contribution is 9.10. The summed E-state index contributed by atoms with van der Waals surface area (Å²) in [6.45, 7) is 4.12. The van der Waals surface area contributed by atoms with Gasteiger partial charge in [-0.25, -0.2) is 4.79 Å². The van der Waals surface area contributed by atoms with E-state index in [2.05, 4.69) is 29.8 Å². The van der Waals surface area contributed by atoms with E-state index in [1.54, 1.807) is 0 Å². The van der Waals surface area contributed by atoms with Crippen LogP contribution in [0.3, 0.4) is 0 Å². The summed E-state index contributed by atoms with van der Waals surface area (Å²) in [6.07, 6.45) is 0. The van der Waals surface area contributed by atoms with Crippen molar-refractivity contribution >= 4 is 27.6 Å². The van der Waals surface area contributed by atoms with Gasteiger partial charge in [-0.2, -0.15) is 0 Å². The molecule has 0 fully saturated rings. The Bertz CT molecular complexity index is 683. The van der Waals surface area contributed by atoms with Crippen molar-refractivity contribution in [2.24, 2.45) is 0 Å². The van der Waals surface area contributed by atoms with Crippen LogP contribution in [-0.4, -0.2) is 11.1 Å². The van der Waals surface area contributed by atoms with Gasteiger partial charge in [0, 0.05) is 4.47 Å². The summed E-state index contributed by atoms with van der Waals surface area (Å²) in [6, 6.07) is 10.1. The van der Waals surface area contributed by atoms with E-state index < -0.39 is 5.97 Å². The van der Waals surface area contributed by atoms with Crippen LogP contribution in [0.2, 0.25) is 0 Å². The molecule has 3 N–H and O–H groups in total. The molecule has 5 heteroatoms. The van der Waals surface area contributed by atoms with Gasteiger partial charge in [0.25, 0.3) is 0 Å². The molecule has 0 radical (unpaired) electrons. The second-order valence-electron chi connectivity index (χ2n) is 5.00. The van der Waals surface area contributed by atoms with Crippen LogP contribution in [0.15, 0.2) is 40.9 Å². The molecule has 0 aliphatic rings. The standard InChI is InChI=1S/C16H16BrNO3/c1-9(2)12-8-11(17)4-6-14(12)21-15-7-10(16(19)20)3-5-13(15)18/h3-9H,18H2,1-2H3,(H,19,20). The Labute approximate surface area is 131 Å². The van der Waals surface area contributed by atoms with Crippen molar-refractivity contribution in [1.82, 2.24) is 0 Å². The summed E-state index contributed by atoms with van der Waals surface area (Å²) in [4.78, 5) is 11.0. The third kappa shape index (κ3) is 3.55. The van der Waals surface area contributed by atoms with E-state index in [4.69, 9.17) is 15.6 Å². The number of hydrogen-bond acceptors (Lipinski definition) is 3. The Kier molecular flexibility index (Phi) is 4.53. The Morgan fingerprint density at radius 2 is 1.90 bits per heavy atom. The monoisotopic (exact) mass is 349 g/mol. The number of halogens is 1. The summed E-state index contributed by atoms with van der Waals surface area (Å²) in [5.41, 5.74) is 7.43. The SMILES string of the molecule is CC(C)c1cc(Br)ccc1Oc1cc(C(=O)O)ccc1N. The molecule has 0 bridgehead atoms. The van der Waals surface area contributed by atoms with Gasteiger partial charge in [-0.05, 0) is 47.9 Å². The molecule has 21 heavy (non-hydrogen) atoms. The van der Waals surface area contributed by atoms with E-state index in [1.165, 1.54) is 18.2 Å². The fourth-order valence-corrected chi connectivity index (χ4v) is 2.32. The van der Waals surface area contributed by atoms with Gasteiger partial charge in [0.15, 0.2) is 5.75 Å². The highest BCUT2D eigenvalue weighted by Gasteiger charge is 2.13. The summed E-state index contributed by atoms with van der Waals surface area (Å²) < 4.78 is 6.80. The van der Waals surface area contributed by atoms with E-state index in [-0.39, 0.29) is 11.5 Å². The Hall–Kier alpha value is -2.01. The number of nitrogens with two attached hydrogens (primary N) is 1. The number of hydrogen-bond donors (Lipinski definition) is 2. The maximum absolute atomic E-state index is 11.0. The minimum atomic E-state index is -1.01. The molecule has 2 aromatic carbocycles. The molecule has 0 aliphatic carbocycles. The number of benzene rings is 2. The zero-order chi connectivity index (χ0) is 15.6. The van der Waals surface area contributed by atoms with E-state index >= 15 is 0 Å². The first kappa shape index (κ1) is 15.4. The molecule has 0 unspecified atom stereocenters. The van der Waals surface area contributed by atoms with Crippen LogP contribution in [0, 0.1) is 0 Å². The lowest BCUT2D eigenvalue weighted by Crippen LogP contribution is -2.00. The fraction of sp³-hybridized carbons (Fsp3) is 0.188. The lowest BCUT2D eigenvalue weighted by Gasteiger charge is -2.15. The Morgan fingerprint density at radius 1 is 1.19 bits per heavy atom. The number of carboxylic acids is 1. The smallest absolute Gasteiger partial charge is 0.335 e. The van der Waals surface area contributed by atoms with Crippen LogP contribution in [0.5, 0.6) is 11.5 Å². The normalized spacial score (nSPS) is 10.7. The molecular weight excluding hydrogens is 334 g/mol. The largest absolute Gasteiger partial charge is 0.478 e. The number of aromatic carboxylic acids is 1. The molecule has 4 nitrogen and oxygen atoms in total. The van der Waals surface area contributed by atoms with Crippen molar-refractivity contribution in [3.05, 3.63) is 52.0 Å². The van der Waals surface area contributed by atoms with E-state index in [1.807, 2.05) is 18.2 Å². The van der Waals surface area contributed by atoms with E-state index in [0.29, 0.717) is 17.2 Å². The molecule has 0 amide bonds. The van der Waals surface area contributed by atoms with Crippen molar-refractivity contribution in [3.8, 4) is 11.5 Å². The fourth-order valence-electron chi connectivity index (χ4n) is 1.94. The van der Waals surface area contributed by atoms with Crippen molar-refractivity contribution in [2.75, 3.05) is 5.73 Å². The minimum absolute atomic E-state index is 0.141. The molecule has 0 saturated heterocycles. The van der Waals surface area contributed by atoms with Crippen LogP contribution in [0.1, 0.15) is 35.7 Å². The van der Waals surface area contributed by atoms with Crippen LogP contribution in [-0.2, 0) is 0 Å². The van der Waals surface area contributed by atoms with Crippen LogP contribution in [0.4, 0.5) is 5.69 Å². The predicted molar refractivity (Wildman–Crippen MR) is 86.1 cm³/mol. The molecule has 0 atom stereocenters. The molecule has 0 heterocycles. The van der Waals surface area contributed by atoms with E-state index in [0.717, 1.165) is 10.0 Å². The number of carbonyl (C=O) groups is 1. The average molecular weight is 350 g/mol. The van der Waals surface area contributed by atoms with Crippen LogP contribution < -0.4 is 10.5 Å². The predicted octanol–water partition coefficient (Wildman–Crippen LogP) is 4.65. The van der Waals surface area contributed by atoms with Gasteiger partial charge in [-0.1, -0.05) is 29.8 Å². The maximum atomic E-state index is 11.0. The van der Waals surface area contributed by atoms with Gasteiger partial charge < -0.3 is 15.6 Å². The molecule has 0 saturated carbocycles. The number of rotatable bonds is 4. The Morgan fingerprint density at radius 3 is 2.52 bits per heavy atom. The third-order valence-electron chi connectivity index (χ3n) is 3.07.